The summed E-state index contributed by atoms with van der Waals surface area (Å²) in [5, 5.41) is 13.4. The molecule has 3 atom stereocenters. The van der Waals surface area contributed by atoms with Crippen LogP contribution in [0.5, 0.6) is 0 Å². The summed E-state index contributed by atoms with van der Waals surface area (Å²) in [6.07, 6.45) is 4.98. The maximum Gasteiger partial charge on any atom is 0.194 e. The molecule has 5 heteroatoms. The maximum absolute atomic E-state index is 10.0. The van der Waals surface area contributed by atoms with Crippen molar-refractivity contribution in [1.29, 1.82) is 0 Å². The lowest BCUT2D eigenvalue weighted by Gasteiger charge is -2.22. The fourth-order valence-corrected chi connectivity index (χ4v) is 3.69. The Labute approximate surface area is 141 Å². The molecule has 0 spiro atoms. The Morgan fingerprint density at radius 3 is 2.43 bits per heavy atom. The molecule has 2 rings (SSSR count). The highest BCUT2D eigenvalue weighted by Gasteiger charge is 2.35. The molecule has 134 valence electrons. The van der Waals surface area contributed by atoms with E-state index in [9.17, 15) is 5.11 Å². The molecule has 2 fully saturated rings. The Bertz CT molecular complexity index is 359. The fourth-order valence-electron chi connectivity index (χ4n) is 3.69. The van der Waals surface area contributed by atoms with Gasteiger partial charge in [0.1, 0.15) is 0 Å². The minimum atomic E-state index is -0.521. The lowest BCUT2D eigenvalue weighted by molar-refractivity contribution is 0.0300. The molecule has 0 aromatic heterocycles. The summed E-state index contributed by atoms with van der Waals surface area (Å²) in [4.78, 5) is 7.05. The zero-order chi connectivity index (χ0) is 16.7. The highest BCUT2D eigenvalue weighted by atomic mass is 16.5. The van der Waals surface area contributed by atoms with Crippen LogP contribution in [0.1, 0.15) is 46.5 Å². The number of likely N-dealkylation sites (tertiary alicyclic amines) is 1. The summed E-state index contributed by atoms with van der Waals surface area (Å²) in [6.45, 7) is 10.9. The largest absolute Gasteiger partial charge is 0.389 e. The molecule has 0 aromatic rings. The van der Waals surface area contributed by atoms with Crippen LogP contribution < -0.4 is 5.32 Å². The van der Waals surface area contributed by atoms with Crippen molar-refractivity contribution in [2.45, 2.75) is 52.6 Å². The van der Waals surface area contributed by atoms with Crippen LogP contribution in [-0.4, -0.2) is 61.5 Å². The van der Waals surface area contributed by atoms with Crippen molar-refractivity contribution in [3.63, 3.8) is 0 Å². The molecule has 1 aliphatic heterocycles. The highest BCUT2D eigenvalue weighted by molar-refractivity contribution is 5.80. The van der Waals surface area contributed by atoms with Crippen LogP contribution in [-0.2, 0) is 4.74 Å². The normalized spacial score (nSPS) is 26.5. The lowest BCUT2D eigenvalue weighted by atomic mass is 9.82. The lowest BCUT2D eigenvalue weighted by Crippen LogP contribution is -2.41. The third kappa shape index (κ3) is 5.96. The predicted octanol–water partition coefficient (Wildman–Crippen LogP) is 2.11. The van der Waals surface area contributed by atoms with E-state index < -0.39 is 6.10 Å². The number of rotatable bonds is 7. The van der Waals surface area contributed by atoms with Crippen molar-refractivity contribution < 1.29 is 9.84 Å². The second-order valence-corrected chi connectivity index (χ2v) is 7.49. The number of nitrogens with one attached hydrogen (secondary N) is 1. The minimum Gasteiger partial charge on any atom is -0.389 e. The molecule has 5 nitrogen and oxygen atoms in total. The number of guanidine groups is 1. The van der Waals surface area contributed by atoms with Crippen LogP contribution in [0.2, 0.25) is 0 Å². The van der Waals surface area contributed by atoms with Crippen LogP contribution in [0.25, 0.3) is 0 Å². The standard InChI is InChI=1S/C18H35N3O2/c1-4-19-18(20-9-17(22)13-23-12-14(2)3)21-10-15-7-5-6-8-16(15)11-21/h14-17,22H,4-13H2,1-3H3,(H,19,20). The van der Waals surface area contributed by atoms with E-state index in [0.29, 0.717) is 25.7 Å². The van der Waals surface area contributed by atoms with Gasteiger partial charge >= 0.3 is 0 Å². The van der Waals surface area contributed by atoms with Gasteiger partial charge in [0.2, 0.25) is 0 Å². The number of aliphatic hydroxyl groups is 1. The number of aliphatic hydroxyl groups excluding tert-OH is 1. The third-order valence-electron chi connectivity index (χ3n) is 4.82. The smallest absolute Gasteiger partial charge is 0.194 e. The Morgan fingerprint density at radius 1 is 1.22 bits per heavy atom. The molecule has 1 heterocycles. The van der Waals surface area contributed by atoms with Crippen molar-refractivity contribution in [2.75, 3.05) is 39.4 Å². The van der Waals surface area contributed by atoms with Crippen LogP contribution in [0.4, 0.5) is 0 Å². The van der Waals surface area contributed by atoms with Crippen LogP contribution in [0.3, 0.4) is 0 Å². The second-order valence-electron chi connectivity index (χ2n) is 7.49. The second kappa shape index (κ2) is 9.48. The van der Waals surface area contributed by atoms with E-state index in [2.05, 4.69) is 36.0 Å². The molecule has 3 unspecified atom stereocenters. The fraction of sp³-hybridized carbons (Fsp3) is 0.944. The zero-order valence-electron chi connectivity index (χ0n) is 15.1. The zero-order valence-corrected chi connectivity index (χ0v) is 15.1. The highest BCUT2D eigenvalue weighted by Crippen LogP contribution is 2.35. The number of aliphatic imine (C=N–C) groups is 1. The van der Waals surface area contributed by atoms with Gasteiger partial charge in [-0.1, -0.05) is 26.7 Å². The Balaban J connectivity index is 1.82. The Morgan fingerprint density at radius 2 is 1.87 bits per heavy atom. The molecule has 0 aromatic carbocycles. The van der Waals surface area contributed by atoms with Gasteiger partial charge in [0.15, 0.2) is 5.96 Å². The first-order valence-corrected chi connectivity index (χ1v) is 9.39. The summed E-state index contributed by atoms with van der Waals surface area (Å²) >= 11 is 0. The van der Waals surface area contributed by atoms with E-state index >= 15 is 0 Å². The molecule has 23 heavy (non-hydrogen) atoms. The van der Waals surface area contributed by atoms with Crippen molar-refractivity contribution in [3.8, 4) is 0 Å². The first kappa shape index (κ1) is 18.5. The van der Waals surface area contributed by atoms with Gasteiger partial charge in [-0.25, -0.2) is 0 Å². The molecule has 0 bridgehead atoms. The van der Waals surface area contributed by atoms with Gasteiger partial charge in [0.05, 0.1) is 19.3 Å². The number of fused-ring (bicyclic) bond motifs is 1. The van der Waals surface area contributed by atoms with Crippen molar-refractivity contribution in [1.82, 2.24) is 10.2 Å². The third-order valence-corrected chi connectivity index (χ3v) is 4.82. The molecule has 1 aliphatic carbocycles. The maximum atomic E-state index is 10.0. The SMILES string of the molecule is CCNC(=NCC(O)COCC(C)C)N1CC2CCCCC2C1. The first-order chi connectivity index (χ1) is 11.1. The van der Waals surface area contributed by atoms with E-state index in [-0.39, 0.29) is 0 Å². The minimum absolute atomic E-state index is 0.367. The summed E-state index contributed by atoms with van der Waals surface area (Å²) in [5.74, 6) is 3.14. The number of ether oxygens (including phenoxy) is 1. The van der Waals surface area contributed by atoms with Gasteiger partial charge in [-0.05, 0) is 37.5 Å². The molecule has 0 radical (unpaired) electrons. The summed E-state index contributed by atoms with van der Waals surface area (Å²) in [5.41, 5.74) is 0. The first-order valence-electron chi connectivity index (χ1n) is 9.39. The monoisotopic (exact) mass is 325 g/mol. The Kier molecular flexibility index (Phi) is 7.63. The molecule has 2 N–H and O–H groups in total. The van der Waals surface area contributed by atoms with Crippen molar-refractivity contribution in [2.24, 2.45) is 22.7 Å². The van der Waals surface area contributed by atoms with Crippen LogP contribution in [0, 0.1) is 17.8 Å². The molecule has 1 saturated heterocycles. The van der Waals surface area contributed by atoms with Gasteiger partial charge < -0.3 is 20.1 Å². The van der Waals surface area contributed by atoms with Crippen molar-refractivity contribution >= 4 is 5.96 Å². The van der Waals surface area contributed by atoms with Gasteiger partial charge in [-0.2, -0.15) is 0 Å². The molecule has 0 amide bonds. The Hall–Kier alpha value is -0.810. The summed E-state index contributed by atoms with van der Waals surface area (Å²) in [6, 6.07) is 0. The van der Waals surface area contributed by atoms with E-state index in [1.807, 2.05) is 0 Å². The van der Waals surface area contributed by atoms with E-state index in [4.69, 9.17) is 4.74 Å². The average molecular weight is 325 g/mol. The van der Waals surface area contributed by atoms with Crippen LogP contribution in [0.15, 0.2) is 4.99 Å². The average Bonchev–Trinajstić information content (AvgIpc) is 2.94. The molecular formula is C18H35N3O2. The van der Waals surface area contributed by atoms with Gasteiger partial charge in [-0.15, -0.1) is 0 Å². The van der Waals surface area contributed by atoms with E-state index in [1.165, 1.54) is 25.7 Å². The number of hydrogen-bond acceptors (Lipinski definition) is 3. The van der Waals surface area contributed by atoms with Gasteiger partial charge in [0, 0.05) is 26.2 Å². The summed E-state index contributed by atoms with van der Waals surface area (Å²) in [7, 11) is 0. The predicted molar refractivity (Wildman–Crippen MR) is 94.7 cm³/mol. The van der Waals surface area contributed by atoms with Gasteiger partial charge in [0.25, 0.3) is 0 Å². The van der Waals surface area contributed by atoms with E-state index in [0.717, 1.165) is 37.4 Å². The van der Waals surface area contributed by atoms with E-state index in [1.54, 1.807) is 0 Å². The number of nitrogens with zero attached hydrogens (tertiary/aromatic N) is 2. The van der Waals surface area contributed by atoms with Gasteiger partial charge in [-0.3, -0.25) is 4.99 Å². The molecule has 2 aliphatic rings. The topological polar surface area (TPSA) is 57.1 Å². The molecule has 1 saturated carbocycles. The van der Waals surface area contributed by atoms with Crippen molar-refractivity contribution in [3.05, 3.63) is 0 Å². The van der Waals surface area contributed by atoms with Crippen LogP contribution >= 0.6 is 0 Å². The number of hydrogen-bond donors (Lipinski definition) is 2. The molecular weight excluding hydrogens is 290 g/mol. The summed E-state index contributed by atoms with van der Waals surface area (Å²) < 4.78 is 5.50. The quantitative estimate of drug-likeness (QED) is 0.556.